The summed E-state index contributed by atoms with van der Waals surface area (Å²) in [4.78, 5) is 21.1. The summed E-state index contributed by atoms with van der Waals surface area (Å²) in [5.41, 5.74) is 0.826. The summed E-state index contributed by atoms with van der Waals surface area (Å²) in [5.74, 6) is -0.720. The molecule has 0 heterocycles. The number of allylic oxidation sites excluding steroid dienone is 5. The fraction of sp³-hybridized carbons (Fsp3) is 0.429. The molecule has 5 nitrogen and oxygen atoms in total. The monoisotopic (exact) mass is 283 g/mol. The van der Waals surface area contributed by atoms with Gasteiger partial charge in [0.2, 0.25) is 0 Å². The number of hydrogen-bond acceptors (Lipinski definition) is 5. The minimum atomic E-state index is -0.577. The maximum absolute atomic E-state index is 13.1. The van der Waals surface area contributed by atoms with E-state index in [0.29, 0.717) is 19.3 Å². The number of carbonyl (C=O) groups is 2. The summed E-state index contributed by atoms with van der Waals surface area (Å²) < 4.78 is 22.7. The molecule has 1 unspecified atom stereocenters. The first-order chi connectivity index (χ1) is 9.61. The van der Waals surface area contributed by atoms with E-state index >= 15 is 0 Å². The van der Waals surface area contributed by atoms with Crippen LogP contribution in [0.25, 0.3) is 0 Å². The fourth-order valence-corrected chi connectivity index (χ4v) is 1.57. The fourth-order valence-electron chi connectivity index (χ4n) is 1.57. The zero-order valence-corrected chi connectivity index (χ0v) is 11.3. The van der Waals surface area contributed by atoms with Crippen LogP contribution < -0.4 is 5.32 Å². The van der Waals surface area contributed by atoms with Crippen LogP contribution in [0, 0.1) is 0 Å². The van der Waals surface area contributed by atoms with Crippen LogP contribution in [-0.4, -0.2) is 31.7 Å². The smallest absolute Gasteiger partial charge is 0.302 e. The molecule has 0 saturated heterocycles. The van der Waals surface area contributed by atoms with Crippen LogP contribution in [0.2, 0.25) is 0 Å². The Kier molecular flexibility index (Phi) is 7.10. The van der Waals surface area contributed by atoms with E-state index in [1.54, 1.807) is 6.08 Å². The Balaban J connectivity index is 2.47. The second-order valence-corrected chi connectivity index (χ2v) is 4.20. The molecule has 0 spiro atoms. The van der Waals surface area contributed by atoms with Crippen LogP contribution in [-0.2, 0) is 19.1 Å². The first kappa shape index (κ1) is 15.9. The Morgan fingerprint density at radius 1 is 1.55 bits per heavy atom. The molecule has 1 aliphatic rings. The summed E-state index contributed by atoms with van der Waals surface area (Å²) in [7, 11) is 0. The Bertz CT molecular complexity index is 429. The van der Waals surface area contributed by atoms with Gasteiger partial charge in [-0.05, 0) is 18.6 Å². The molecule has 0 aromatic carbocycles. The van der Waals surface area contributed by atoms with Crippen molar-refractivity contribution in [1.29, 1.82) is 0 Å². The molecule has 0 fully saturated rings. The Morgan fingerprint density at radius 2 is 2.35 bits per heavy atom. The van der Waals surface area contributed by atoms with Crippen molar-refractivity contribution in [2.45, 2.75) is 25.9 Å². The highest BCUT2D eigenvalue weighted by Crippen LogP contribution is 2.11. The third-order valence-corrected chi connectivity index (χ3v) is 2.57. The Hall–Kier alpha value is -2.11. The largest absolute Gasteiger partial charge is 0.462 e. The van der Waals surface area contributed by atoms with E-state index in [4.69, 9.17) is 9.47 Å². The van der Waals surface area contributed by atoms with Gasteiger partial charge in [-0.2, -0.15) is 0 Å². The maximum atomic E-state index is 13.1. The predicted octanol–water partition coefficient (Wildman–Crippen LogP) is 1.77. The van der Waals surface area contributed by atoms with E-state index in [1.807, 2.05) is 6.08 Å². The average Bonchev–Trinajstić information content (AvgIpc) is 2.39. The molecule has 0 aliphatic heterocycles. The molecule has 0 aromatic heterocycles. The summed E-state index contributed by atoms with van der Waals surface area (Å²) in [6, 6.07) is 0. The lowest BCUT2D eigenvalue weighted by atomic mass is 10.2. The molecule has 110 valence electrons. The molecular formula is C14H18FNO4. The molecule has 0 saturated carbocycles. The number of halogens is 1. The van der Waals surface area contributed by atoms with Crippen molar-refractivity contribution in [3.8, 4) is 0 Å². The van der Waals surface area contributed by atoms with Crippen LogP contribution >= 0.6 is 0 Å². The predicted molar refractivity (Wildman–Crippen MR) is 71.2 cm³/mol. The Morgan fingerprint density at radius 3 is 3.05 bits per heavy atom. The molecule has 1 aliphatic carbocycles. The molecule has 0 radical (unpaired) electrons. The van der Waals surface area contributed by atoms with Crippen LogP contribution in [0.3, 0.4) is 0 Å². The van der Waals surface area contributed by atoms with Gasteiger partial charge in [0.15, 0.2) is 6.10 Å². The minimum absolute atomic E-state index is 0.0154. The van der Waals surface area contributed by atoms with Crippen molar-refractivity contribution in [2.75, 3.05) is 13.2 Å². The van der Waals surface area contributed by atoms with Crippen LogP contribution in [0.4, 0.5) is 4.39 Å². The number of nitrogens with one attached hydrogen (secondary N) is 1. The molecule has 0 amide bonds. The third kappa shape index (κ3) is 6.72. The Labute approximate surface area is 117 Å². The summed E-state index contributed by atoms with van der Waals surface area (Å²) in [5, 5.41) is 3.06. The van der Waals surface area contributed by atoms with Crippen LogP contribution in [0.5, 0.6) is 0 Å². The molecule has 1 atom stereocenters. The average molecular weight is 283 g/mol. The highest BCUT2D eigenvalue weighted by Gasteiger charge is 2.12. The third-order valence-electron chi connectivity index (χ3n) is 2.57. The van der Waals surface area contributed by atoms with Gasteiger partial charge in [-0.15, -0.1) is 0 Å². The summed E-state index contributed by atoms with van der Waals surface area (Å²) >= 11 is 0. The second-order valence-electron chi connectivity index (χ2n) is 4.20. The zero-order chi connectivity index (χ0) is 14.8. The van der Waals surface area contributed by atoms with Gasteiger partial charge in [-0.1, -0.05) is 12.2 Å². The summed E-state index contributed by atoms with van der Waals surface area (Å²) in [6.07, 6.45) is 6.98. The van der Waals surface area contributed by atoms with E-state index in [2.05, 4.69) is 5.32 Å². The first-order valence-corrected chi connectivity index (χ1v) is 6.29. The van der Waals surface area contributed by atoms with Crippen LogP contribution in [0.1, 0.15) is 19.8 Å². The van der Waals surface area contributed by atoms with Gasteiger partial charge in [0.1, 0.15) is 12.4 Å². The van der Waals surface area contributed by atoms with Gasteiger partial charge >= 0.3 is 5.97 Å². The maximum Gasteiger partial charge on any atom is 0.302 e. The van der Waals surface area contributed by atoms with Crippen molar-refractivity contribution < 1.29 is 23.5 Å². The topological polar surface area (TPSA) is 64.6 Å². The van der Waals surface area contributed by atoms with Crippen LogP contribution in [0.15, 0.2) is 35.8 Å². The zero-order valence-electron chi connectivity index (χ0n) is 11.3. The molecule has 20 heavy (non-hydrogen) atoms. The minimum Gasteiger partial charge on any atom is -0.462 e. The van der Waals surface area contributed by atoms with E-state index in [0.717, 1.165) is 5.70 Å². The van der Waals surface area contributed by atoms with E-state index in [9.17, 15) is 14.0 Å². The highest BCUT2D eigenvalue weighted by molar-refractivity contribution is 5.65. The SMILES string of the molecule is CC(=O)OCC(CN/C1=C/CC=C/C(F)=C\C1)OC=O. The number of carbonyl (C=O) groups excluding carboxylic acids is 2. The van der Waals surface area contributed by atoms with Gasteiger partial charge in [0.25, 0.3) is 6.47 Å². The van der Waals surface area contributed by atoms with Gasteiger partial charge in [0, 0.05) is 19.0 Å². The van der Waals surface area contributed by atoms with E-state index in [-0.39, 0.29) is 19.0 Å². The molecule has 1 N–H and O–H groups in total. The number of hydrogen-bond donors (Lipinski definition) is 1. The summed E-state index contributed by atoms with van der Waals surface area (Å²) in [6.45, 7) is 1.86. The van der Waals surface area contributed by atoms with E-state index < -0.39 is 12.1 Å². The number of rotatable bonds is 7. The lowest BCUT2D eigenvalue weighted by Gasteiger charge is -2.17. The molecule has 0 bridgehead atoms. The van der Waals surface area contributed by atoms with Crippen molar-refractivity contribution in [2.24, 2.45) is 0 Å². The second kappa shape index (κ2) is 8.90. The normalized spacial score (nSPS) is 21.3. The lowest BCUT2D eigenvalue weighted by Crippen LogP contribution is -2.33. The quantitative estimate of drug-likeness (QED) is 0.570. The van der Waals surface area contributed by atoms with Crippen molar-refractivity contribution >= 4 is 12.4 Å². The van der Waals surface area contributed by atoms with Gasteiger partial charge < -0.3 is 14.8 Å². The van der Waals surface area contributed by atoms with E-state index in [1.165, 1.54) is 19.1 Å². The van der Waals surface area contributed by atoms with Crippen molar-refractivity contribution in [1.82, 2.24) is 5.32 Å². The van der Waals surface area contributed by atoms with Crippen molar-refractivity contribution in [3.63, 3.8) is 0 Å². The van der Waals surface area contributed by atoms with Crippen molar-refractivity contribution in [3.05, 3.63) is 35.8 Å². The molecular weight excluding hydrogens is 265 g/mol. The molecule has 1 rings (SSSR count). The standard InChI is InChI=1S/C14H18FNO4/c1-11(18)19-9-14(20-10-17)8-16-13-5-3-2-4-12(15)6-7-13/h2,4-6,10,14,16H,3,7-9H2,1H3/b4-2?,12-6+,13-5+. The first-order valence-electron chi connectivity index (χ1n) is 6.29. The van der Waals surface area contributed by atoms with Gasteiger partial charge in [-0.25, -0.2) is 4.39 Å². The highest BCUT2D eigenvalue weighted by atomic mass is 19.1. The van der Waals surface area contributed by atoms with Gasteiger partial charge in [0.05, 0.1) is 6.54 Å². The van der Waals surface area contributed by atoms with Gasteiger partial charge in [-0.3, -0.25) is 9.59 Å². The lowest BCUT2D eigenvalue weighted by molar-refractivity contribution is -0.149. The number of esters is 1. The number of ether oxygens (including phenoxy) is 2. The molecule has 6 heteroatoms. The molecule has 0 aromatic rings.